The number of carbonyl (C=O) groups is 1. The van der Waals surface area contributed by atoms with Gasteiger partial charge in [0.25, 0.3) is 0 Å². The highest BCUT2D eigenvalue weighted by Gasteiger charge is 2.28. The fraction of sp³-hybridized carbons (Fsp3) is 0.174. The topological polar surface area (TPSA) is 38.3 Å². The predicted molar refractivity (Wildman–Crippen MR) is 105 cm³/mol. The summed E-state index contributed by atoms with van der Waals surface area (Å²) in [5.41, 5.74) is 6.88. The van der Waals surface area contributed by atoms with E-state index in [-0.39, 0.29) is 5.92 Å². The van der Waals surface area contributed by atoms with Crippen molar-refractivity contribution in [1.82, 2.24) is 0 Å². The van der Waals surface area contributed by atoms with Crippen LogP contribution in [0.2, 0.25) is 0 Å². The minimum atomic E-state index is -0.420. The maximum atomic E-state index is 12.2. The van der Waals surface area contributed by atoms with Gasteiger partial charge in [-0.15, -0.1) is 0 Å². The zero-order chi connectivity index (χ0) is 17.9. The Morgan fingerprint density at radius 2 is 1.46 bits per heavy atom. The smallest absolute Gasteiger partial charge is 0.411 e. The van der Waals surface area contributed by atoms with Crippen LogP contribution in [0.25, 0.3) is 11.1 Å². The van der Waals surface area contributed by atoms with Crippen LogP contribution in [0.3, 0.4) is 0 Å². The van der Waals surface area contributed by atoms with Crippen molar-refractivity contribution in [2.75, 3.05) is 11.9 Å². The highest BCUT2D eigenvalue weighted by atomic mass is 16.5. The molecule has 0 saturated heterocycles. The van der Waals surface area contributed by atoms with E-state index in [9.17, 15) is 4.79 Å². The van der Waals surface area contributed by atoms with Gasteiger partial charge in [0.2, 0.25) is 0 Å². The van der Waals surface area contributed by atoms with Gasteiger partial charge in [-0.05, 0) is 46.4 Å². The van der Waals surface area contributed by atoms with Crippen LogP contribution in [0, 0.1) is 0 Å². The summed E-state index contributed by atoms with van der Waals surface area (Å²) in [5, 5.41) is 2.80. The van der Waals surface area contributed by atoms with Gasteiger partial charge in [0, 0.05) is 11.6 Å². The average Bonchev–Trinajstić information content (AvgIpc) is 3.01. The van der Waals surface area contributed by atoms with E-state index in [2.05, 4.69) is 36.5 Å². The Labute approximate surface area is 153 Å². The van der Waals surface area contributed by atoms with E-state index in [1.54, 1.807) is 0 Å². The van der Waals surface area contributed by atoms with Crippen molar-refractivity contribution in [2.45, 2.75) is 19.3 Å². The molecule has 3 heteroatoms. The minimum absolute atomic E-state index is 0.0793. The molecule has 0 spiro atoms. The minimum Gasteiger partial charge on any atom is -0.448 e. The van der Waals surface area contributed by atoms with Gasteiger partial charge in [0.15, 0.2) is 0 Å². The van der Waals surface area contributed by atoms with Crippen molar-refractivity contribution in [1.29, 1.82) is 0 Å². The van der Waals surface area contributed by atoms with Crippen molar-refractivity contribution >= 4 is 11.8 Å². The van der Waals surface area contributed by atoms with Crippen molar-refractivity contribution in [3.63, 3.8) is 0 Å². The summed E-state index contributed by atoms with van der Waals surface area (Å²) in [6, 6.07) is 24.5. The zero-order valence-corrected chi connectivity index (χ0v) is 14.7. The molecule has 0 aliphatic heterocycles. The number of nitrogens with one attached hydrogen (secondary N) is 1. The number of benzene rings is 3. The van der Waals surface area contributed by atoms with Gasteiger partial charge in [0.05, 0.1) is 0 Å². The first-order valence-corrected chi connectivity index (χ1v) is 8.97. The quantitative estimate of drug-likeness (QED) is 0.668. The molecule has 0 aromatic heterocycles. The van der Waals surface area contributed by atoms with E-state index in [0.717, 1.165) is 12.1 Å². The number of carbonyl (C=O) groups excluding carboxylic acids is 1. The van der Waals surface area contributed by atoms with Gasteiger partial charge in [-0.1, -0.05) is 67.6 Å². The largest absolute Gasteiger partial charge is 0.448 e. The molecule has 1 aliphatic carbocycles. The molecule has 0 heterocycles. The Balaban J connectivity index is 1.46. The van der Waals surface area contributed by atoms with Crippen LogP contribution in [0.5, 0.6) is 0 Å². The van der Waals surface area contributed by atoms with E-state index in [1.165, 1.54) is 27.8 Å². The number of rotatable bonds is 4. The monoisotopic (exact) mass is 343 g/mol. The number of aryl methyl sites for hydroxylation is 1. The first-order chi connectivity index (χ1) is 12.8. The molecule has 3 aromatic rings. The first-order valence-electron chi connectivity index (χ1n) is 8.97. The molecule has 130 valence electrons. The lowest BCUT2D eigenvalue weighted by Crippen LogP contribution is -2.17. The van der Waals surface area contributed by atoms with Gasteiger partial charge < -0.3 is 4.74 Å². The third-order valence-corrected chi connectivity index (χ3v) is 4.95. The lowest BCUT2D eigenvalue weighted by atomic mass is 9.98. The second-order valence-corrected chi connectivity index (χ2v) is 6.50. The van der Waals surface area contributed by atoms with Gasteiger partial charge >= 0.3 is 6.09 Å². The van der Waals surface area contributed by atoms with E-state index < -0.39 is 6.09 Å². The number of fused-ring (bicyclic) bond motifs is 3. The van der Waals surface area contributed by atoms with Crippen molar-refractivity contribution in [3.05, 3.63) is 89.5 Å². The Morgan fingerprint density at radius 3 is 2.04 bits per heavy atom. The van der Waals surface area contributed by atoms with Crippen LogP contribution in [-0.4, -0.2) is 12.7 Å². The molecule has 0 bridgehead atoms. The highest BCUT2D eigenvalue weighted by Crippen LogP contribution is 2.44. The summed E-state index contributed by atoms with van der Waals surface area (Å²) in [7, 11) is 0. The molecular formula is C23H21NO2. The summed E-state index contributed by atoms with van der Waals surface area (Å²) < 4.78 is 5.55. The average molecular weight is 343 g/mol. The van der Waals surface area contributed by atoms with E-state index in [0.29, 0.717) is 6.61 Å². The van der Waals surface area contributed by atoms with Crippen LogP contribution in [0.4, 0.5) is 10.5 Å². The number of ether oxygens (including phenoxy) is 1. The Hall–Kier alpha value is -3.07. The lowest BCUT2D eigenvalue weighted by Gasteiger charge is -2.14. The van der Waals surface area contributed by atoms with Gasteiger partial charge in [-0.3, -0.25) is 5.32 Å². The highest BCUT2D eigenvalue weighted by molar-refractivity contribution is 5.85. The molecule has 0 radical (unpaired) electrons. The second kappa shape index (κ2) is 7.04. The molecule has 26 heavy (non-hydrogen) atoms. The number of hydrogen-bond donors (Lipinski definition) is 1. The van der Waals surface area contributed by atoms with Crippen LogP contribution < -0.4 is 5.32 Å². The van der Waals surface area contributed by atoms with Crippen molar-refractivity contribution in [3.8, 4) is 11.1 Å². The van der Waals surface area contributed by atoms with E-state index in [4.69, 9.17) is 4.74 Å². The number of hydrogen-bond acceptors (Lipinski definition) is 2. The van der Waals surface area contributed by atoms with Crippen LogP contribution in [0.15, 0.2) is 72.8 Å². The van der Waals surface area contributed by atoms with Crippen molar-refractivity contribution in [2.24, 2.45) is 0 Å². The summed E-state index contributed by atoms with van der Waals surface area (Å²) in [6.45, 7) is 2.43. The maximum absolute atomic E-state index is 12.2. The van der Waals surface area contributed by atoms with Gasteiger partial charge in [-0.25, -0.2) is 4.79 Å². The molecule has 3 nitrogen and oxygen atoms in total. The first kappa shape index (κ1) is 16.4. The Morgan fingerprint density at radius 1 is 0.885 bits per heavy atom. The van der Waals surface area contributed by atoms with Crippen LogP contribution in [0.1, 0.15) is 29.5 Å². The van der Waals surface area contributed by atoms with E-state index in [1.807, 2.05) is 48.5 Å². The van der Waals surface area contributed by atoms with Crippen molar-refractivity contribution < 1.29 is 9.53 Å². The van der Waals surface area contributed by atoms with Crippen LogP contribution >= 0.6 is 0 Å². The molecular weight excluding hydrogens is 322 g/mol. The molecule has 0 unspecified atom stereocenters. The normalized spacial score (nSPS) is 12.3. The standard InChI is InChI=1S/C23H21NO2/c1-2-16-11-13-17(14-12-16)24-23(25)26-15-22-20-9-5-3-7-18(20)19-8-4-6-10-21(19)22/h3-14,22H,2,15H2,1H3,(H,24,25). The molecule has 1 aliphatic rings. The summed E-state index contributed by atoms with van der Waals surface area (Å²) >= 11 is 0. The van der Waals surface area contributed by atoms with Gasteiger partial charge in [-0.2, -0.15) is 0 Å². The fourth-order valence-corrected chi connectivity index (χ4v) is 3.58. The Bertz CT molecular complexity index is 885. The number of amides is 1. The third kappa shape index (κ3) is 3.08. The lowest BCUT2D eigenvalue weighted by molar-refractivity contribution is 0.158. The maximum Gasteiger partial charge on any atom is 0.411 e. The molecule has 0 atom stereocenters. The molecule has 4 rings (SSSR count). The molecule has 0 fully saturated rings. The number of anilines is 1. The molecule has 0 saturated carbocycles. The molecule has 1 amide bonds. The Kier molecular flexibility index (Phi) is 4.44. The molecule has 1 N–H and O–H groups in total. The summed E-state index contributed by atoms with van der Waals surface area (Å²) in [6.07, 6.45) is 0.557. The van der Waals surface area contributed by atoms with Gasteiger partial charge in [0.1, 0.15) is 6.61 Å². The van der Waals surface area contributed by atoms with E-state index >= 15 is 0 Å². The zero-order valence-electron chi connectivity index (χ0n) is 14.7. The molecule has 3 aromatic carbocycles. The van der Waals surface area contributed by atoms with Crippen LogP contribution in [-0.2, 0) is 11.2 Å². The summed E-state index contributed by atoms with van der Waals surface area (Å²) in [4.78, 5) is 12.2. The SMILES string of the molecule is CCc1ccc(NC(=O)OCC2c3ccccc3-c3ccccc32)cc1. The second-order valence-electron chi connectivity index (χ2n) is 6.50. The third-order valence-electron chi connectivity index (χ3n) is 4.95. The predicted octanol–water partition coefficient (Wildman–Crippen LogP) is 5.61. The fourth-order valence-electron chi connectivity index (χ4n) is 3.58. The summed E-state index contributed by atoms with van der Waals surface area (Å²) in [5.74, 6) is 0.0793.